The minimum absolute atomic E-state index is 0.0575. The van der Waals surface area contributed by atoms with Crippen molar-refractivity contribution in [2.24, 2.45) is 4.99 Å². The molecule has 2 aliphatic rings. The molecule has 34 heavy (non-hydrogen) atoms. The molecule has 1 amide bonds. The topological polar surface area (TPSA) is 104 Å². The average molecular weight is 479 g/mol. The van der Waals surface area contributed by atoms with Gasteiger partial charge < -0.3 is 14.6 Å². The Kier molecular flexibility index (Phi) is 5.87. The van der Waals surface area contributed by atoms with Gasteiger partial charge in [0, 0.05) is 42.5 Å². The molecule has 0 bridgehead atoms. The zero-order valence-corrected chi connectivity index (χ0v) is 19.6. The summed E-state index contributed by atoms with van der Waals surface area (Å²) in [6.07, 6.45) is 3.90. The number of fused-ring (bicyclic) bond motifs is 1. The maximum atomic E-state index is 13.0. The van der Waals surface area contributed by atoms with E-state index >= 15 is 0 Å². The van der Waals surface area contributed by atoms with Crippen molar-refractivity contribution in [1.29, 1.82) is 0 Å². The number of nitrogens with one attached hydrogen (secondary N) is 2. The molecule has 176 valence electrons. The van der Waals surface area contributed by atoms with Gasteiger partial charge in [-0.15, -0.1) is 0 Å². The van der Waals surface area contributed by atoms with E-state index in [1.165, 1.54) is 29.6 Å². The minimum atomic E-state index is -3.78. The van der Waals surface area contributed by atoms with Crippen LogP contribution < -0.4 is 14.9 Å². The van der Waals surface area contributed by atoms with Crippen LogP contribution in [0.2, 0.25) is 0 Å². The van der Waals surface area contributed by atoms with Crippen molar-refractivity contribution < 1.29 is 17.6 Å². The predicted molar refractivity (Wildman–Crippen MR) is 131 cm³/mol. The van der Waals surface area contributed by atoms with Crippen molar-refractivity contribution in [1.82, 2.24) is 4.72 Å². The monoisotopic (exact) mass is 478 g/mol. The third kappa shape index (κ3) is 4.43. The molecule has 0 spiro atoms. The van der Waals surface area contributed by atoms with Crippen molar-refractivity contribution >= 4 is 33.1 Å². The van der Waals surface area contributed by atoms with Crippen LogP contribution in [0.3, 0.4) is 0 Å². The summed E-state index contributed by atoms with van der Waals surface area (Å²) in [6.45, 7) is 3.33. The smallest absolute Gasteiger partial charge is 0.291 e. The first-order valence-electron chi connectivity index (χ1n) is 11.3. The van der Waals surface area contributed by atoms with Crippen molar-refractivity contribution in [3.63, 3.8) is 0 Å². The van der Waals surface area contributed by atoms with Crippen LogP contribution in [0.5, 0.6) is 0 Å². The lowest BCUT2D eigenvalue weighted by Gasteiger charge is -2.24. The number of benzene rings is 2. The van der Waals surface area contributed by atoms with Crippen molar-refractivity contribution in [3.05, 3.63) is 77.7 Å². The van der Waals surface area contributed by atoms with Gasteiger partial charge in [-0.25, -0.2) is 8.42 Å². The summed E-state index contributed by atoms with van der Waals surface area (Å²) in [5, 5.41) is 2.77. The number of hydrogen-bond donors (Lipinski definition) is 2. The van der Waals surface area contributed by atoms with Crippen molar-refractivity contribution in [2.75, 3.05) is 16.8 Å². The molecule has 5 rings (SSSR count). The number of carbonyl (C=O) groups excluding carboxylic acids is 1. The second kappa shape index (κ2) is 8.98. The fourth-order valence-corrected chi connectivity index (χ4v) is 5.61. The summed E-state index contributed by atoms with van der Waals surface area (Å²) >= 11 is 0. The molecule has 1 aromatic heterocycles. The maximum absolute atomic E-state index is 13.0. The van der Waals surface area contributed by atoms with Gasteiger partial charge in [-0.3, -0.25) is 14.5 Å². The number of amidine groups is 1. The Hall–Kier alpha value is -3.59. The van der Waals surface area contributed by atoms with Crippen molar-refractivity contribution in [3.8, 4) is 0 Å². The molecular weight excluding hydrogens is 452 g/mol. The molecule has 1 unspecified atom stereocenters. The number of anilines is 2. The number of amides is 1. The van der Waals surface area contributed by atoms with E-state index in [0.717, 1.165) is 18.4 Å². The molecule has 0 fully saturated rings. The van der Waals surface area contributed by atoms with Crippen LogP contribution in [0.1, 0.15) is 41.4 Å². The molecule has 0 aliphatic carbocycles. The number of furan rings is 1. The molecule has 8 nitrogen and oxygen atoms in total. The Labute approximate surface area is 198 Å². The van der Waals surface area contributed by atoms with E-state index < -0.39 is 15.9 Å². The molecular formula is C25H26N4O4S. The van der Waals surface area contributed by atoms with Crippen LogP contribution in [0.4, 0.5) is 11.4 Å². The van der Waals surface area contributed by atoms with E-state index in [2.05, 4.69) is 39.0 Å². The average Bonchev–Trinajstić information content (AvgIpc) is 3.55. The lowest BCUT2D eigenvalue weighted by molar-refractivity contribution is 0.0995. The third-order valence-electron chi connectivity index (χ3n) is 6.17. The number of nitrogens with zero attached hydrogens (tertiary/aromatic N) is 2. The van der Waals surface area contributed by atoms with Gasteiger partial charge in [0.15, 0.2) is 5.76 Å². The lowest BCUT2D eigenvalue weighted by atomic mass is 10.1. The molecule has 9 heteroatoms. The Morgan fingerprint density at radius 3 is 2.85 bits per heavy atom. The van der Waals surface area contributed by atoms with Gasteiger partial charge in [0.05, 0.1) is 11.2 Å². The van der Waals surface area contributed by atoms with Crippen LogP contribution >= 0.6 is 0 Å². The van der Waals surface area contributed by atoms with Crippen LogP contribution in [-0.4, -0.2) is 32.7 Å². The molecule has 3 heterocycles. The molecule has 3 aromatic rings. The number of carbonyl (C=O) groups is 1. The minimum Gasteiger partial charge on any atom is -0.459 e. The summed E-state index contributed by atoms with van der Waals surface area (Å²) in [7, 11) is -3.78. The summed E-state index contributed by atoms with van der Waals surface area (Å²) in [5.74, 6) is 0.249. The van der Waals surface area contributed by atoms with E-state index in [9.17, 15) is 13.2 Å². The first kappa shape index (κ1) is 22.2. The number of hydrogen-bond acceptors (Lipinski definition) is 6. The molecule has 0 saturated heterocycles. The quantitative estimate of drug-likeness (QED) is 0.558. The first-order valence-corrected chi connectivity index (χ1v) is 12.8. The largest absolute Gasteiger partial charge is 0.459 e. The van der Waals surface area contributed by atoms with Crippen LogP contribution in [0, 0.1) is 0 Å². The number of para-hydroxylation sites is 1. The number of aliphatic imine (C=N–C) groups is 1. The highest BCUT2D eigenvalue weighted by Crippen LogP contribution is 2.33. The summed E-state index contributed by atoms with van der Waals surface area (Å²) < 4.78 is 33.5. The summed E-state index contributed by atoms with van der Waals surface area (Å²) in [6, 6.07) is 16.5. The number of sulfonamides is 1. The molecule has 2 aromatic carbocycles. The van der Waals surface area contributed by atoms with Gasteiger partial charge in [-0.05, 0) is 55.7 Å². The fraction of sp³-hybridized carbons (Fsp3) is 0.280. The fourth-order valence-electron chi connectivity index (χ4n) is 4.48. The Morgan fingerprint density at radius 1 is 1.18 bits per heavy atom. The highest BCUT2D eigenvalue weighted by atomic mass is 32.2. The van der Waals surface area contributed by atoms with Gasteiger partial charge in [0.25, 0.3) is 15.9 Å². The van der Waals surface area contributed by atoms with Crippen LogP contribution in [0.25, 0.3) is 0 Å². The standard InChI is InChI=1S/C25H26N4O4S/c1-17-14-18-6-2-3-9-22(18)29(17)16-19-11-13-33-24(19)25(30)27-20-7-4-8-21(15-20)34(31,32)28-23-10-5-12-26-23/h2-4,6-9,11,13,15,17H,5,10,12,14,16H2,1H3,(H,26,28)(H,27,30). The van der Waals surface area contributed by atoms with Gasteiger partial charge in [0.2, 0.25) is 0 Å². The predicted octanol–water partition coefficient (Wildman–Crippen LogP) is 3.95. The summed E-state index contributed by atoms with van der Waals surface area (Å²) in [5.41, 5.74) is 3.59. The van der Waals surface area contributed by atoms with Gasteiger partial charge in [0.1, 0.15) is 5.84 Å². The van der Waals surface area contributed by atoms with E-state index in [-0.39, 0.29) is 10.7 Å². The van der Waals surface area contributed by atoms with Crippen LogP contribution in [-0.2, 0) is 23.0 Å². The van der Waals surface area contributed by atoms with E-state index in [4.69, 9.17) is 4.42 Å². The second-order valence-corrected chi connectivity index (χ2v) is 10.3. The number of rotatable bonds is 6. The Balaban J connectivity index is 1.32. The highest BCUT2D eigenvalue weighted by molar-refractivity contribution is 7.90. The van der Waals surface area contributed by atoms with Crippen LogP contribution in [0.15, 0.2) is 75.2 Å². The van der Waals surface area contributed by atoms with Crippen molar-refractivity contribution in [2.45, 2.75) is 43.7 Å². The van der Waals surface area contributed by atoms with E-state index in [0.29, 0.717) is 37.1 Å². The Bertz CT molecular complexity index is 1360. The summed E-state index contributed by atoms with van der Waals surface area (Å²) in [4.78, 5) is 19.5. The van der Waals surface area contributed by atoms with Gasteiger partial charge in [-0.2, -0.15) is 0 Å². The molecule has 2 aliphatic heterocycles. The first-order chi connectivity index (χ1) is 16.4. The van der Waals surface area contributed by atoms with Gasteiger partial charge in [-0.1, -0.05) is 24.3 Å². The zero-order valence-electron chi connectivity index (χ0n) is 18.8. The van der Waals surface area contributed by atoms with E-state index in [1.807, 2.05) is 12.1 Å². The maximum Gasteiger partial charge on any atom is 0.291 e. The van der Waals surface area contributed by atoms with Gasteiger partial charge >= 0.3 is 0 Å². The third-order valence-corrected chi connectivity index (χ3v) is 7.55. The van der Waals surface area contributed by atoms with E-state index in [1.54, 1.807) is 18.2 Å². The normalized spacial score (nSPS) is 17.4. The zero-order chi connectivity index (χ0) is 23.7. The molecule has 0 radical (unpaired) electrons. The highest BCUT2D eigenvalue weighted by Gasteiger charge is 2.28. The second-order valence-electron chi connectivity index (χ2n) is 8.60. The lowest BCUT2D eigenvalue weighted by Crippen LogP contribution is -2.29. The SMILES string of the molecule is CC1Cc2ccccc2N1Cc1ccoc1C(=O)Nc1cccc(S(=O)(=O)NC2=NCCC2)c1. The Morgan fingerprint density at radius 2 is 2.03 bits per heavy atom. The molecule has 1 atom stereocenters. The molecule has 2 N–H and O–H groups in total. The molecule has 0 saturated carbocycles.